The van der Waals surface area contributed by atoms with Crippen LogP contribution in [0.1, 0.15) is 22.7 Å². The van der Waals surface area contributed by atoms with Crippen molar-refractivity contribution in [1.82, 2.24) is 4.90 Å². The van der Waals surface area contributed by atoms with Gasteiger partial charge in [-0.05, 0) is 53.9 Å². The first kappa shape index (κ1) is 23.9. The Labute approximate surface area is 204 Å². The molecule has 1 N–H and O–H groups in total. The smallest absolute Gasteiger partial charge is 0.295 e. The van der Waals surface area contributed by atoms with Crippen LogP contribution in [-0.2, 0) is 16.0 Å². The number of ketones is 1. The van der Waals surface area contributed by atoms with Crippen molar-refractivity contribution >= 4 is 17.4 Å². The maximum Gasteiger partial charge on any atom is 0.295 e. The van der Waals surface area contributed by atoms with Crippen LogP contribution in [0.2, 0.25) is 0 Å². The van der Waals surface area contributed by atoms with Crippen LogP contribution in [0.5, 0.6) is 17.2 Å². The van der Waals surface area contributed by atoms with E-state index in [2.05, 4.69) is 0 Å². The number of Topliss-reactive ketones (excluding diaryl/α,β-unsaturated/α-hetero) is 1. The van der Waals surface area contributed by atoms with E-state index in [0.717, 1.165) is 5.56 Å². The molecule has 3 aromatic rings. The number of ether oxygens (including phenoxy) is 3. The number of hydrogen-bond donors (Lipinski definition) is 1. The molecule has 0 saturated carbocycles. The van der Waals surface area contributed by atoms with Gasteiger partial charge in [-0.25, -0.2) is 0 Å². The summed E-state index contributed by atoms with van der Waals surface area (Å²) in [5.74, 6) is -0.0352. The number of likely N-dealkylation sites (tertiary alicyclic amines) is 1. The van der Waals surface area contributed by atoms with Gasteiger partial charge in [0.1, 0.15) is 11.5 Å². The number of carbonyl (C=O) groups excluding carboxylic acids is 2. The van der Waals surface area contributed by atoms with E-state index in [0.29, 0.717) is 41.3 Å². The van der Waals surface area contributed by atoms with E-state index < -0.39 is 17.7 Å². The maximum atomic E-state index is 13.2. The molecule has 4 rings (SSSR count). The van der Waals surface area contributed by atoms with Crippen LogP contribution in [0.15, 0.2) is 78.4 Å². The van der Waals surface area contributed by atoms with Crippen LogP contribution >= 0.6 is 0 Å². The van der Waals surface area contributed by atoms with Gasteiger partial charge in [0.2, 0.25) is 0 Å². The van der Waals surface area contributed by atoms with Gasteiger partial charge in [0, 0.05) is 12.1 Å². The predicted octanol–water partition coefficient (Wildman–Crippen LogP) is 4.38. The Morgan fingerprint density at radius 2 is 1.54 bits per heavy atom. The predicted molar refractivity (Wildman–Crippen MR) is 132 cm³/mol. The van der Waals surface area contributed by atoms with E-state index >= 15 is 0 Å². The molecule has 180 valence electrons. The number of hydrogen-bond acceptors (Lipinski definition) is 6. The van der Waals surface area contributed by atoms with Crippen molar-refractivity contribution in [3.05, 3.63) is 95.1 Å². The second kappa shape index (κ2) is 10.3. The molecular weight excluding hydrogens is 446 g/mol. The van der Waals surface area contributed by atoms with Crippen molar-refractivity contribution in [2.75, 3.05) is 27.9 Å². The zero-order valence-electron chi connectivity index (χ0n) is 19.9. The van der Waals surface area contributed by atoms with E-state index in [1.54, 1.807) is 49.6 Å². The Morgan fingerprint density at radius 1 is 0.857 bits per heavy atom. The average molecular weight is 474 g/mol. The van der Waals surface area contributed by atoms with Gasteiger partial charge in [0.15, 0.2) is 11.5 Å². The zero-order valence-corrected chi connectivity index (χ0v) is 19.9. The summed E-state index contributed by atoms with van der Waals surface area (Å²) in [6.45, 7) is 0.299. The Balaban J connectivity index is 1.81. The Morgan fingerprint density at radius 3 is 2.17 bits per heavy atom. The Bertz CT molecular complexity index is 1250. The van der Waals surface area contributed by atoms with Crippen molar-refractivity contribution in [2.45, 2.75) is 12.5 Å². The number of aliphatic hydroxyl groups is 1. The average Bonchev–Trinajstić information content (AvgIpc) is 3.16. The molecule has 7 nitrogen and oxygen atoms in total. The first-order valence-electron chi connectivity index (χ1n) is 11.2. The van der Waals surface area contributed by atoms with Crippen molar-refractivity contribution in [3.63, 3.8) is 0 Å². The fourth-order valence-corrected chi connectivity index (χ4v) is 4.28. The monoisotopic (exact) mass is 473 g/mol. The van der Waals surface area contributed by atoms with Crippen LogP contribution in [0.25, 0.3) is 5.76 Å². The summed E-state index contributed by atoms with van der Waals surface area (Å²) in [4.78, 5) is 27.9. The summed E-state index contributed by atoms with van der Waals surface area (Å²) in [5, 5.41) is 11.2. The van der Waals surface area contributed by atoms with Crippen molar-refractivity contribution in [3.8, 4) is 17.2 Å². The largest absolute Gasteiger partial charge is 0.507 e. The second-order valence-electron chi connectivity index (χ2n) is 8.07. The summed E-state index contributed by atoms with van der Waals surface area (Å²) in [5.41, 5.74) is 2.11. The molecular formula is C28H27NO6. The number of carbonyl (C=O) groups is 2. The third-order valence-electron chi connectivity index (χ3n) is 6.11. The minimum absolute atomic E-state index is 0.0282. The molecule has 1 saturated heterocycles. The van der Waals surface area contributed by atoms with Crippen LogP contribution in [0, 0.1) is 0 Å². The lowest BCUT2D eigenvalue weighted by Crippen LogP contribution is -2.31. The van der Waals surface area contributed by atoms with Gasteiger partial charge in [-0.1, -0.05) is 36.4 Å². The van der Waals surface area contributed by atoms with E-state index in [1.165, 1.54) is 19.1 Å². The lowest BCUT2D eigenvalue weighted by molar-refractivity contribution is -0.139. The molecule has 0 bridgehead atoms. The van der Waals surface area contributed by atoms with E-state index in [1.807, 2.05) is 30.3 Å². The van der Waals surface area contributed by atoms with Gasteiger partial charge >= 0.3 is 0 Å². The highest BCUT2D eigenvalue weighted by molar-refractivity contribution is 6.46. The molecule has 1 unspecified atom stereocenters. The lowest BCUT2D eigenvalue weighted by Gasteiger charge is -2.26. The molecule has 1 amide bonds. The third-order valence-corrected chi connectivity index (χ3v) is 6.11. The zero-order chi connectivity index (χ0) is 24.9. The minimum Gasteiger partial charge on any atom is -0.507 e. The molecule has 1 aliphatic heterocycles. The summed E-state index contributed by atoms with van der Waals surface area (Å²) in [6.07, 6.45) is 0.556. The van der Waals surface area contributed by atoms with Crippen LogP contribution in [0.3, 0.4) is 0 Å². The van der Waals surface area contributed by atoms with E-state index in [4.69, 9.17) is 14.2 Å². The Kier molecular flexibility index (Phi) is 7.06. The molecule has 1 atom stereocenters. The van der Waals surface area contributed by atoms with Crippen molar-refractivity contribution in [1.29, 1.82) is 0 Å². The summed E-state index contributed by atoms with van der Waals surface area (Å²) < 4.78 is 16.0. The molecule has 0 aliphatic carbocycles. The first-order valence-corrected chi connectivity index (χ1v) is 11.2. The van der Waals surface area contributed by atoms with Gasteiger partial charge < -0.3 is 24.2 Å². The quantitative estimate of drug-likeness (QED) is 0.297. The minimum atomic E-state index is -0.791. The standard InChI is InChI=1S/C28H27NO6/c1-33-21-12-9-19(10-13-21)26(30)24-25(20-11-14-22(34-2)23(17-20)35-3)29(28(32)27(24)31)16-15-18-7-5-4-6-8-18/h4-14,17,25,30H,15-16H2,1-3H3/b26-24+. The normalized spacial score (nSPS) is 16.9. The van der Waals surface area contributed by atoms with E-state index in [9.17, 15) is 14.7 Å². The molecule has 0 aromatic heterocycles. The molecule has 35 heavy (non-hydrogen) atoms. The first-order chi connectivity index (χ1) is 17.0. The summed E-state index contributed by atoms with van der Waals surface area (Å²) in [6, 6.07) is 20.8. The molecule has 0 radical (unpaired) electrons. The van der Waals surface area contributed by atoms with Crippen molar-refractivity contribution < 1.29 is 28.9 Å². The molecule has 1 aliphatic rings. The van der Waals surface area contributed by atoms with Crippen molar-refractivity contribution in [2.24, 2.45) is 0 Å². The highest BCUT2D eigenvalue weighted by atomic mass is 16.5. The van der Waals surface area contributed by atoms with Gasteiger partial charge in [0.05, 0.1) is 32.9 Å². The summed E-state index contributed by atoms with van der Waals surface area (Å²) in [7, 11) is 4.60. The number of methoxy groups -OCH3 is 3. The fraction of sp³-hybridized carbons (Fsp3) is 0.214. The van der Waals surface area contributed by atoms with Gasteiger partial charge in [-0.3, -0.25) is 9.59 Å². The van der Waals surface area contributed by atoms with Gasteiger partial charge in [0.25, 0.3) is 11.7 Å². The molecule has 1 fully saturated rings. The number of benzene rings is 3. The molecule has 7 heteroatoms. The SMILES string of the molecule is COc1ccc(/C(O)=C2\C(=O)C(=O)N(CCc3ccccc3)C2c2ccc(OC)c(OC)c2)cc1. The number of nitrogens with zero attached hydrogens (tertiary/aromatic N) is 1. The maximum absolute atomic E-state index is 13.2. The Hall–Kier alpha value is -4.26. The number of rotatable bonds is 8. The van der Waals surface area contributed by atoms with Crippen LogP contribution < -0.4 is 14.2 Å². The fourth-order valence-electron chi connectivity index (χ4n) is 4.28. The third kappa shape index (κ3) is 4.71. The molecule has 1 heterocycles. The second-order valence-corrected chi connectivity index (χ2v) is 8.07. The topological polar surface area (TPSA) is 85.3 Å². The lowest BCUT2D eigenvalue weighted by atomic mass is 9.94. The molecule has 3 aromatic carbocycles. The highest BCUT2D eigenvalue weighted by Gasteiger charge is 2.46. The number of aliphatic hydroxyl groups excluding tert-OH is 1. The van der Waals surface area contributed by atoms with Crippen LogP contribution in [-0.4, -0.2) is 49.6 Å². The van der Waals surface area contributed by atoms with Crippen LogP contribution in [0.4, 0.5) is 0 Å². The van der Waals surface area contributed by atoms with Gasteiger partial charge in [-0.2, -0.15) is 0 Å². The number of amides is 1. The summed E-state index contributed by atoms with van der Waals surface area (Å²) >= 11 is 0. The molecule has 0 spiro atoms. The van der Waals surface area contributed by atoms with Gasteiger partial charge in [-0.15, -0.1) is 0 Å². The van der Waals surface area contributed by atoms with E-state index in [-0.39, 0.29) is 11.3 Å². The highest BCUT2D eigenvalue weighted by Crippen LogP contribution is 2.42.